The molecule has 8 nitrogen and oxygen atoms in total. The number of sulfone groups is 1. The highest BCUT2D eigenvalue weighted by atomic mass is 32.2. The second-order valence-electron chi connectivity index (χ2n) is 8.62. The largest absolute Gasteiger partial charge is 0.415 e. The molecule has 0 amide bonds. The molecule has 170 valence electrons. The minimum absolute atomic E-state index is 0.238. The average Bonchev–Trinajstić information content (AvgIpc) is 3.29. The second-order valence-corrected chi connectivity index (χ2v) is 11.1. The van der Waals surface area contributed by atoms with Crippen LogP contribution in [-0.4, -0.2) is 33.8 Å². The van der Waals surface area contributed by atoms with Crippen LogP contribution in [0.4, 0.5) is 0 Å². The average molecular weight is 464 g/mol. The van der Waals surface area contributed by atoms with Crippen LogP contribution in [0.15, 0.2) is 70.2 Å². The molecule has 9 heteroatoms. The zero-order chi connectivity index (χ0) is 23.8. The quantitative estimate of drug-likeness (QED) is 0.450. The topological polar surface area (TPSA) is 125 Å². The summed E-state index contributed by atoms with van der Waals surface area (Å²) in [6, 6.07) is 14.2. The number of benzene rings is 2. The highest BCUT2D eigenvalue weighted by Gasteiger charge is 2.19. The maximum atomic E-state index is 12.3. The van der Waals surface area contributed by atoms with Gasteiger partial charge in [-0.05, 0) is 57.5 Å². The third-order valence-corrected chi connectivity index (χ3v) is 7.42. The van der Waals surface area contributed by atoms with Crippen molar-refractivity contribution in [3.63, 3.8) is 0 Å². The molecule has 0 aliphatic carbocycles. The van der Waals surface area contributed by atoms with E-state index in [0.717, 1.165) is 16.7 Å². The van der Waals surface area contributed by atoms with Crippen LogP contribution in [0.2, 0.25) is 0 Å². The lowest BCUT2D eigenvalue weighted by atomic mass is 9.95. The minimum Gasteiger partial charge on any atom is -0.415 e. The van der Waals surface area contributed by atoms with Crippen LogP contribution in [0.3, 0.4) is 0 Å². The van der Waals surface area contributed by atoms with E-state index in [1.807, 2.05) is 38.1 Å². The van der Waals surface area contributed by atoms with E-state index in [1.54, 1.807) is 50.5 Å². The van der Waals surface area contributed by atoms with Crippen molar-refractivity contribution in [3.8, 4) is 34.3 Å². The van der Waals surface area contributed by atoms with Crippen molar-refractivity contribution >= 4 is 9.84 Å². The van der Waals surface area contributed by atoms with Gasteiger partial charge < -0.3 is 10.2 Å². The van der Waals surface area contributed by atoms with Crippen molar-refractivity contribution in [2.24, 2.45) is 5.73 Å². The van der Waals surface area contributed by atoms with Crippen LogP contribution in [-0.2, 0) is 15.4 Å². The smallest absolute Gasteiger partial charge is 0.268 e. The molecule has 0 atom stereocenters. The lowest BCUT2D eigenvalue weighted by molar-refractivity contribution is 0.554. The zero-order valence-electron chi connectivity index (χ0n) is 18.9. The summed E-state index contributed by atoms with van der Waals surface area (Å²) in [6.07, 6.45) is 3.14. The molecule has 0 radical (unpaired) electrons. The molecule has 0 aliphatic heterocycles. The lowest BCUT2D eigenvalue weighted by Crippen LogP contribution is -2.28. The van der Waals surface area contributed by atoms with Gasteiger partial charge in [-0.3, -0.25) is 4.98 Å². The molecule has 4 rings (SSSR count). The molecule has 2 heterocycles. The fourth-order valence-electron chi connectivity index (χ4n) is 3.18. The van der Waals surface area contributed by atoms with E-state index in [9.17, 15) is 8.42 Å². The molecular weight excluding hydrogens is 438 g/mol. The van der Waals surface area contributed by atoms with Gasteiger partial charge in [-0.2, -0.15) is 0 Å². The van der Waals surface area contributed by atoms with Gasteiger partial charge in [0.05, 0.1) is 28.2 Å². The summed E-state index contributed by atoms with van der Waals surface area (Å²) >= 11 is 0. The monoisotopic (exact) mass is 463 g/mol. The lowest BCUT2D eigenvalue weighted by Gasteiger charge is -2.18. The molecule has 0 fully saturated rings. The first-order chi connectivity index (χ1) is 15.6. The second kappa shape index (κ2) is 8.49. The van der Waals surface area contributed by atoms with Crippen molar-refractivity contribution in [1.82, 2.24) is 20.2 Å². The fraction of sp³-hybridized carbons (Fsp3) is 0.250. The number of nitrogens with two attached hydrogens (primary N) is 1. The van der Waals surface area contributed by atoms with Gasteiger partial charge in [0, 0.05) is 16.7 Å². The van der Waals surface area contributed by atoms with Crippen molar-refractivity contribution < 1.29 is 12.8 Å². The van der Waals surface area contributed by atoms with E-state index >= 15 is 0 Å². The van der Waals surface area contributed by atoms with E-state index in [4.69, 9.17) is 10.2 Å². The predicted molar refractivity (Wildman–Crippen MR) is 126 cm³/mol. The first kappa shape index (κ1) is 22.8. The van der Waals surface area contributed by atoms with E-state index in [-0.39, 0.29) is 10.8 Å². The van der Waals surface area contributed by atoms with Gasteiger partial charge in [-0.15, -0.1) is 10.2 Å². The Labute approximate surface area is 192 Å². The molecule has 2 aromatic carbocycles. The zero-order valence-corrected chi connectivity index (χ0v) is 19.7. The Morgan fingerprint density at radius 1 is 0.848 bits per heavy atom. The summed E-state index contributed by atoms with van der Waals surface area (Å²) < 4.78 is 30.5. The van der Waals surface area contributed by atoms with E-state index in [0.29, 0.717) is 17.3 Å². The van der Waals surface area contributed by atoms with Crippen molar-refractivity contribution in [2.45, 2.75) is 43.4 Å². The Kier molecular flexibility index (Phi) is 5.85. The maximum Gasteiger partial charge on any atom is 0.268 e. The van der Waals surface area contributed by atoms with Crippen molar-refractivity contribution in [3.05, 3.63) is 66.5 Å². The summed E-state index contributed by atoms with van der Waals surface area (Å²) in [5.41, 5.74) is 9.18. The van der Waals surface area contributed by atoms with Crippen LogP contribution in [0.5, 0.6) is 0 Å². The number of aromatic nitrogens is 4. The first-order valence-corrected chi connectivity index (χ1v) is 12.0. The Morgan fingerprint density at radius 3 is 2.03 bits per heavy atom. The fourth-order valence-corrected chi connectivity index (χ4v) is 4.24. The molecule has 0 aliphatic rings. The molecular formula is C24H25N5O3S. The van der Waals surface area contributed by atoms with Gasteiger partial charge in [-0.1, -0.05) is 24.3 Å². The SMILES string of the molecule is CC(C)S(=O)(=O)c1ccc(-c2cncc(-c3nnc(-c4ccc(C(C)(C)N)cc4)o3)n2)cc1. The molecule has 0 saturated heterocycles. The number of hydrogen-bond donors (Lipinski definition) is 1. The molecule has 0 bridgehead atoms. The van der Waals surface area contributed by atoms with Crippen LogP contribution in [0, 0.1) is 0 Å². The predicted octanol–water partition coefficient (Wildman–Crippen LogP) is 4.24. The van der Waals surface area contributed by atoms with Crippen LogP contribution < -0.4 is 5.73 Å². The maximum absolute atomic E-state index is 12.3. The van der Waals surface area contributed by atoms with Gasteiger partial charge in [0.2, 0.25) is 5.89 Å². The summed E-state index contributed by atoms with van der Waals surface area (Å²) in [5, 5.41) is 7.75. The van der Waals surface area contributed by atoms with Crippen LogP contribution in [0.1, 0.15) is 33.3 Å². The first-order valence-electron chi connectivity index (χ1n) is 10.5. The van der Waals surface area contributed by atoms with E-state index < -0.39 is 20.6 Å². The Morgan fingerprint density at radius 2 is 1.42 bits per heavy atom. The van der Waals surface area contributed by atoms with E-state index in [2.05, 4.69) is 20.2 Å². The minimum atomic E-state index is -3.34. The van der Waals surface area contributed by atoms with Gasteiger partial charge >= 0.3 is 0 Å². The molecule has 0 saturated carbocycles. The van der Waals surface area contributed by atoms with Gasteiger partial charge in [0.1, 0.15) is 5.69 Å². The molecule has 0 unspecified atom stereocenters. The van der Waals surface area contributed by atoms with Gasteiger partial charge in [0.25, 0.3) is 5.89 Å². The molecule has 4 aromatic rings. The number of nitrogens with zero attached hydrogens (tertiary/aromatic N) is 4. The summed E-state index contributed by atoms with van der Waals surface area (Å²) in [4.78, 5) is 9.08. The summed E-state index contributed by atoms with van der Waals surface area (Å²) in [7, 11) is -3.34. The van der Waals surface area contributed by atoms with Crippen molar-refractivity contribution in [2.75, 3.05) is 0 Å². The summed E-state index contributed by atoms with van der Waals surface area (Å²) in [5.74, 6) is 0.600. The highest BCUT2D eigenvalue weighted by Crippen LogP contribution is 2.27. The Bertz CT molecular complexity index is 1370. The van der Waals surface area contributed by atoms with Crippen molar-refractivity contribution in [1.29, 1.82) is 0 Å². The molecule has 0 spiro atoms. The number of rotatable bonds is 6. The summed E-state index contributed by atoms with van der Waals surface area (Å²) in [6.45, 7) is 7.19. The van der Waals surface area contributed by atoms with E-state index in [1.165, 1.54) is 0 Å². The van der Waals surface area contributed by atoms with Crippen LogP contribution in [0.25, 0.3) is 34.3 Å². The van der Waals surface area contributed by atoms with Gasteiger partial charge in [-0.25, -0.2) is 13.4 Å². The highest BCUT2D eigenvalue weighted by molar-refractivity contribution is 7.92. The number of hydrogen-bond acceptors (Lipinski definition) is 8. The molecule has 2 N–H and O–H groups in total. The van der Waals surface area contributed by atoms with Crippen LogP contribution >= 0.6 is 0 Å². The Balaban J connectivity index is 1.60. The van der Waals surface area contributed by atoms with Gasteiger partial charge in [0.15, 0.2) is 9.84 Å². The standard InChI is InChI=1S/C24H25N5O3S/c1-15(2)33(30,31)19-11-7-16(8-12-19)20-13-26-14-21(27-20)23-29-28-22(32-23)17-5-9-18(10-6-17)24(3,4)25/h5-15H,25H2,1-4H3. The molecule has 2 aromatic heterocycles. The third kappa shape index (κ3) is 4.69. The Hall–Kier alpha value is -3.43. The molecule has 33 heavy (non-hydrogen) atoms. The normalized spacial score (nSPS) is 12.3. The third-order valence-electron chi connectivity index (χ3n) is 5.25.